The molecule has 2 aromatic rings. The summed E-state index contributed by atoms with van der Waals surface area (Å²) in [6.07, 6.45) is 7.83. The zero-order valence-corrected chi connectivity index (χ0v) is 21.1. The molecule has 0 atom stereocenters. The monoisotopic (exact) mass is 503 g/mol. The quantitative estimate of drug-likeness (QED) is 0.584. The number of sulfonamides is 1. The molecule has 1 aromatic carbocycles. The second-order valence-corrected chi connectivity index (χ2v) is 13.2. The molecule has 4 aliphatic carbocycles. The summed E-state index contributed by atoms with van der Waals surface area (Å²) in [5.74, 6) is 3.18. The van der Waals surface area contributed by atoms with Crippen molar-refractivity contribution in [3.63, 3.8) is 0 Å². The first-order valence-corrected chi connectivity index (χ1v) is 14.9. The van der Waals surface area contributed by atoms with Crippen molar-refractivity contribution in [2.45, 2.75) is 48.8 Å². The van der Waals surface area contributed by atoms with E-state index in [1.165, 1.54) is 49.9 Å². The molecule has 0 unspecified atom stereocenters. The van der Waals surface area contributed by atoms with E-state index in [1.54, 1.807) is 24.3 Å². The first kappa shape index (κ1) is 22.8. The van der Waals surface area contributed by atoms with Gasteiger partial charge in [0.05, 0.1) is 23.8 Å². The Bertz CT molecular complexity index is 1070. The van der Waals surface area contributed by atoms with Crippen LogP contribution in [0.1, 0.15) is 44.2 Å². The van der Waals surface area contributed by atoms with Gasteiger partial charge in [0.25, 0.3) is 10.0 Å². The molecule has 5 fully saturated rings. The van der Waals surface area contributed by atoms with Crippen molar-refractivity contribution in [3.05, 3.63) is 35.3 Å². The van der Waals surface area contributed by atoms with Crippen LogP contribution in [0.3, 0.4) is 0 Å². The average molecular weight is 504 g/mol. The summed E-state index contributed by atoms with van der Waals surface area (Å²) in [7, 11) is -3.69. The predicted octanol–water partition coefficient (Wildman–Crippen LogP) is 4.12. The van der Waals surface area contributed by atoms with E-state index in [0.717, 1.165) is 56.3 Å². The largest absolute Gasteiger partial charge is 0.492 e. The molecule has 1 aromatic heterocycles. The minimum absolute atomic E-state index is 0.176. The number of rotatable bonds is 8. The highest BCUT2D eigenvalue weighted by molar-refractivity contribution is 7.93. The summed E-state index contributed by atoms with van der Waals surface area (Å²) < 4.78 is 39.9. The van der Waals surface area contributed by atoms with Gasteiger partial charge in [0.1, 0.15) is 12.4 Å². The van der Waals surface area contributed by atoms with Gasteiger partial charge in [-0.05, 0) is 80.5 Å². The van der Waals surface area contributed by atoms with Gasteiger partial charge in [0, 0.05) is 30.4 Å². The van der Waals surface area contributed by atoms with Crippen LogP contribution in [-0.2, 0) is 20.2 Å². The summed E-state index contributed by atoms with van der Waals surface area (Å²) >= 11 is 1.41. The fraction of sp³-hybridized carbons (Fsp3) is 0.640. The minimum atomic E-state index is -3.69. The molecule has 1 N–H and O–H groups in total. The minimum Gasteiger partial charge on any atom is -0.492 e. The van der Waals surface area contributed by atoms with Crippen LogP contribution < -0.4 is 9.46 Å². The van der Waals surface area contributed by atoms with Gasteiger partial charge in [-0.3, -0.25) is 9.62 Å². The summed E-state index contributed by atoms with van der Waals surface area (Å²) in [5.41, 5.74) is 1.29. The first-order valence-electron chi connectivity index (χ1n) is 12.5. The molecule has 4 saturated carbocycles. The number of benzene rings is 1. The molecule has 1 aliphatic heterocycles. The number of nitrogens with one attached hydrogen (secondary N) is 1. The Labute approximate surface area is 205 Å². The van der Waals surface area contributed by atoms with Crippen LogP contribution in [0.4, 0.5) is 5.13 Å². The van der Waals surface area contributed by atoms with Gasteiger partial charge in [-0.2, -0.15) is 0 Å². The van der Waals surface area contributed by atoms with Crippen LogP contribution in [-0.4, -0.2) is 57.8 Å². The number of aromatic nitrogens is 1. The number of anilines is 1. The van der Waals surface area contributed by atoms with Crippen molar-refractivity contribution < 1.29 is 17.9 Å². The van der Waals surface area contributed by atoms with Gasteiger partial charge in [-0.1, -0.05) is 0 Å². The summed E-state index contributed by atoms with van der Waals surface area (Å²) in [6.45, 7) is 4.78. The summed E-state index contributed by atoms with van der Waals surface area (Å²) in [6, 6.07) is 6.63. The lowest BCUT2D eigenvalue weighted by Gasteiger charge is -2.56. The van der Waals surface area contributed by atoms with Crippen molar-refractivity contribution in [1.29, 1.82) is 0 Å². The number of hydrogen-bond acceptors (Lipinski definition) is 7. The highest BCUT2D eigenvalue weighted by atomic mass is 32.2. The molecule has 9 heteroatoms. The molecule has 2 heterocycles. The molecule has 4 bridgehead atoms. The fourth-order valence-electron chi connectivity index (χ4n) is 6.99. The topological polar surface area (TPSA) is 80.8 Å². The third-order valence-electron chi connectivity index (χ3n) is 8.22. The molecule has 184 valence electrons. The van der Waals surface area contributed by atoms with E-state index in [9.17, 15) is 8.42 Å². The van der Waals surface area contributed by atoms with Gasteiger partial charge in [-0.25, -0.2) is 13.4 Å². The zero-order chi connectivity index (χ0) is 23.2. The standard InChI is InChI=1S/C25H33N3O4S2/c29-34(30,22-3-1-21(2-4-22)32-10-7-28-5-8-31-9-6-28)27-24-26-23(17-33-24)25-14-18-11-19(15-25)13-20(12-18)16-25/h1-4,17-20H,5-16H2,(H,26,27). The number of ether oxygens (including phenoxy) is 2. The van der Waals surface area contributed by atoms with E-state index in [-0.39, 0.29) is 10.3 Å². The SMILES string of the molecule is O=S(=O)(Nc1nc(C23CC4CC(CC(C4)C2)C3)cs1)c1ccc(OCCN2CCOCC2)cc1. The van der Waals surface area contributed by atoms with E-state index < -0.39 is 10.0 Å². The van der Waals surface area contributed by atoms with Gasteiger partial charge in [0.15, 0.2) is 5.13 Å². The third kappa shape index (κ3) is 4.59. The van der Waals surface area contributed by atoms with E-state index in [2.05, 4.69) is 15.0 Å². The van der Waals surface area contributed by atoms with Crippen molar-refractivity contribution >= 4 is 26.5 Å². The molecule has 0 spiro atoms. The lowest BCUT2D eigenvalue weighted by molar-refractivity contribution is -0.00688. The Morgan fingerprint density at radius 1 is 1.06 bits per heavy atom. The van der Waals surface area contributed by atoms with E-state index in [4.69, 9.17) is 14.5 Å². The van der Waals surface area contributed by atoms with Crippen molar-refractivity contribution in [2.75, 3.05) is 44.2 Å². The van der Waals surface area contributed by atoms with Crippen LogP contribution in [0.2, 0.25) is 0 Å². The van der Waals surface area contributed by atoms with Crippen LogP contribution in [0.25, 0.3) is 0 Å². The van der Waals surface area contributed by atoms with Gasteiger partial charge in [-0.15, -0.1) is 11.3 Å². The van der Waals surface area contributed by atoms with Crippen molar-refractivity contribution in [1.82, 2.24) is 9.88 Å². The maximum atomic E-state index is 13.0. The third-order valence-corrected chi connectivity index (χ3v) is 10.5. The maximum absolute atomic E-state index is 13.0. The number of morpholine rings is 1. The highest BCUT2D eigenvalue weighted by Gasteiger charge is 2.52. The van der Waals surface area contributed by atoms with Crippen LogP contribution in [0.15, 0.2) is 34.5 Å². The zero-order valence-electron chi connectivity index (χ0n) is 19.4. The van der Waals surface area contributed by atoms with Crippen LogP contribution in [0, 0.1) is 17.8 Å². The van der Waals surface area contributed by atoms with Crippen LogP contribution >= 0.6 is 11.3 Å². The molecule has 34 heavy (non-hydrogen) atoms. The van der Waals surface area contributed by atoms with Crippen molar-refractivity contribution in [2.24, 2.45) is 17.8 Å². The van der Waals surface area contributed by atoms with E-state index in [0.29, 0.717) is 17.5 Å². The lowest BCUT2D eigenvalue weighted by Crippen LogP contribution is -2.48. The smallest absolute Gasteiger partial charge is 0.263 e. The number of thiazole rings is 1. The Morgan fingerprint density at radius 2 is 1.71 bits per heavy atom. The molecule has 1 saturated heterocycles. The molecular weight excluding hydrogens is 470 g/mol. The Morgan fingerprint density at radius 3 is 2.35 bits per heavy atom. The fourth-order valence-corrected chi connectivity index (χ4v) is 9.08. The van der Waals surface area contributed by atoms with Gasteiger partial charge >= 0.3 is 0 Å². The molecule has 7 nitrogen and oxygen atoms in total. The normalized spacial score (nSPS) is 31.0. The second-order valence-electron chi connectivity index (χ2n) is 10.6. The molecule has 0 radical (unpaired) electrons. The van der Waals surface area contributed by atoms with Gasteiger partial charge < -0.3 is 9.47 Å². The first-order chi connectivity index (χ1) is 16.5. The lowest BCUT2D eigenvalue weighted by atomic mass is 9.49. The van der Waals surface area contributed by atoms with Gasteiger partial charge in [0.2, 0.25) is 0 Å². The molecule has 5 aliphatic rings. The summed E-state index contributed by atoms with van der Waals surface area (Å²) in [4.78, 5) is 7.33. The molecular formula is C25H33N3O4S2. The van der Waals surface area contributed by atoms with Crippen LogP contribution in [0.5, 0.6) is 5.75 Å². The Hall–Kier alpha value is -1.68. The molecule has 7 rings (SSSR count). The Kier molecular flexibility index (Phi) is 6.08. The highest BCUT2D eigenvalue weighted by Crippen LogP contribution is 2.60. The average Bonchev–Trinajstić information content (AvgIpc) is 3.28. The predicted molar refractivity (Wildman–Crippen MR) is 132 cm³/mol. The van der Waals surface area contributed by atoms with E-state index >= 15 is 0 Å². The Balaban J connectivity index is 1.08. The van der Waals surface area contributed by atoms with Crippen molar-refractivity contribution in [3.8, 4) is 5.75 Å². The number of nitrogens with zero attached hydrogens (tertiary/aromatic N) is 2. The summed E-state index contributed by atoms with van der Waals surface area (Å²) in [5, 5.41) is 2.56. The second kappa shape index (κ2) is 9.08. The van der Waals surface area contributed by atoms with E-state index in [1.807, 2.05) is 0 Å². The molecule has 0 amide bonds. The maximum Gasteiger partial charge on any atom is 0.263 e. The number of hydrogen-bond donors (Lipinski definition) is 1.